The summed E-state index contributed by atoms with van der Waals surface area (Å²) in [4.78, 5) is 15.0. The molecule has 3 rings (SSSR count). The topological polar surface area (TPSA) is 44.4 Å². The Kier molecular flexibility index (Phi) is 8.12. The van der Waals surface area contributed by atoms with Crippen LogP contribution in [0.3, 0.4) is 0 Å². The van der Waals surface area contributed by atoms with E-state index >= 15 is 0 Å². The van der Waals surface area contributed by atoms with Gasteiger partial charge in [0, 0.05) is 24.5 Å². The number of rotatable bonds is 4. The molecule has 0 aromatic carbocycles. The predicted octanol–water partition coefficient (Wildman–Crippen LogP) is 2.60. The second-order valence-corrected chi connectivity index (χ2v) is 7.55. The fourth-order valence-electron chi connectivity index (χ4n) is 4.46. The van der Waals surface area contributed by atoms with Gasteiger partial charge >= 0.3 is 0 Å². The first-order chi connectivity index (χ1) is 10.1. The minimum atomic E-state index is 0. The molecular formula is C17H33Cl2N3O. The lowest BCUT2D eigenvalue weighted by Crippen LogP contribution is -2.48. The normalized spacial score (nSPS) is 30.7. The van der Waals surface area contributed by atoms with Crippen LogP contribution in [0.2, 0.25) is 0 Å². The zero-order chi connectivity index (χ0) is 14.9. The van der Waals surface area contributed by atoms with Crippen LogP contribution in [0.4, 0.5) is 0 Å². The molecule has 2 heterocycles. The second kappa shape index (κ2) is 8.89. The van der Waals surface area contributed by atoms with Gasteiger partial charge in [0.15, 0.2) is 0 Å². The van der Waals surface area contributed by atoms with Gasteiger partial charge in [-0.25, -0.2) is 0 Å². The molecule has 0 radical (unpaired) electrons. The number of carbonyl (C=O) groups is 1. The molecule has 1 aliphatic carbocycles. The summed E-state index contributed by atoms with van der Waals surface area (Å²) in [5.41, 5.74) is 0.358. The maximum absolute atomic E-state index is 12.4. The quantitative estimate of drug-likeness (QED) is 0.804. The lowest BCUT2D eigenvalue weighted by molar-refractivity contribution is -0.123. The average molecular weight is 366 g/mol. The van der Waals surface area contributed by atoms with Gasteiger partial charge in [0.05, 0.1) is 0 Å². The van der Waals surface area contributed by atoms with Gasteiger partial charge in [-0.3, -0.25) is 9.69 Å². The van der Waals surface area contributed by atoms with Gasteiger partial charge in [0.1, 0.15) is 0 Å². The van der Waals surface area contributed by atoms with E-state index in [0.29, 0.717) is 29.3 Å². The standard InChI is InChI=1S/C17H31N3O.2ClH/c1-13-5-3-4-10-20(13)14(2)12-19-16(21)15-11-17(15)6-8-18-9-7-17;;/h13-15,18H,3-12H2,1-2H3,(H,19,21);2*1H. The summed E-state index contributed by atoms with van der Waals surface area (Å²) in [5.74, 6) is 0.610. The van der Waals surface area contributed by atoms with E-state index in [-0.39, 0.29) is 24.8 Å². The summed E-state index contributed by atoms with van der Waals surface area (Å²) in [6.45, 7) is 8.76. The van der Waals surface area contributed by atoms with Gasteiger partial charge in [-0.2, -0.15) is 0 Å². The minimum Gasteiger partial charge on any atom is -0.354 e. The van der Waals surface area contributed by atoms with Crippen LogP contribution in [0.25, 0.3) is 0 Å². The van der Waals surface area contributed by atoms with E-state index in [0.717, 1.165) is 26.1 Å². The zero-order valence-electron chi connectivity index (χ0n) is 14.5. The summed E-state index contributed by atoms with van der Waals surface area (Å²) in [5, 5.41) is 6.63. The van der Waals surface area contributed by atoms with E-state index in [2.05, 4.69) is 29.4 Å². The summed E-state index contributed by atoms with van der Waals surface area (Å²) >= 11 is 0. The van der Waals surface area contributed by atoms with Crippen molar-refractivity contribution in [2.45, 2.75) is 64.5 Å². The Morgan fingerprint density at radius 3 is 2.65 bits per heavy atom. The molecule has 1 amide bonds. The van der Waals surface area contributed by atoms with Gasteiger partial charge in [0.2, 0.25) is 5.91 Å². The molecule has 4 nitrogen and oxygen atoms in total. The second-order valence-electron chi connectivity index (χ2n) is 7.55. The van der Waals surface area contributed by atoms with Crippen LogP contribution >= 0.6 is 24.8 Å². The van der Waals surface area contributed by atoms with Crippen LogP contribution in [0.15, 0.2) is 0 Å². The Morgan fingerprint density at radius 2 is 2.00 bits per heavy atom. The number of amides is 1. The van der Waals surface area contributed by atoms with Gasteiger partial charge in [-0.05, 0) is 71.0 Å². The number of hydrogen-bond acceptors (Lipinski definition) is 3. The Labute approximate surface area is 153 Å². The van der Waals surface area contributed by atoms with Crippen LogP contribution in [0, 0.1) is 11.3 Å². The maximum atomic E-state index is 12.4. The van der Waals surface area contributed by atoms with Crippen molar-refractivity contribution >= 4 is 30.7 Å². The zero-order valence-corrected chi connectivity index (χ0v) is 16.1. The first kappa shape index (κ1) is 21.0. The minimum absolute atomic E-state index is 0. The van der Waals surface area contributed by atoms with Crippen molar-refractivity contribution in [3.63, 3.8) is 0 Å². The molecule has 2 saturated heterocycles. The summed E-state index contributed by atoms with van der Waals surface area (Å²) in [6, 6.07) is 1.13. The lowest BCUT2D eigenvalue weighted by Gasteiger charge is -2.38. The van der Waals surface area contributed by atoms with E-state index < -0.39 is 0 Å². The highest BCUT2D eigenvalue weighted by Crippen LogP contribution is 2.58. The number of nitrogens with zero attached hydrogens (tertiary/aromatic N) is 1. The van der Waals surface area contributed by atoms with Crippen LogP contribution in [0.5, 0.6) is 0 Å². The van der Waals surface area contributed by atoms with Crippen molar-refractivity contribution in [1.29, 1.82) is 0 Å². The highest BCUT2D eigenvalue weighted by Gasteiger charge is 2.57. The van der Waals surface area contributed by atoms with Gasteiger partial charge < -0.3 is 10.6 Å². The molecule has 3 atom stereocenters. The largest absolute Gasteiger partial charge is 0.354 e. The third kappa shape index (κ3) is 4.75. The fraction of sp³-hybridized carbons (Fsp3) is 0.941. The molecule has 0 aromatic heterocycles. The highest BCUT2D eigenvalue weighted by molar-refractivity contribution is 5.85. The van der Waals surface area contributed by atoms with E-state index in [9.17, 15) is 4.79 Å². The van der Waals surface area contributed by atoms with Crippen molar-refractivity contribution < 1.29 is 4.79 Å². The van der Waals surface area contributed by atoms with Crippen molar-refractivity contribution in [3.05, 3.63) is 0 Å². The molecule has 1 saturated carbocycles. The molecule has 3 aliphatic rings. The molecular weight excluding hydrogens is 333 g/mol. The third-order valence-electron chi connectivity index (χ3n) is 6.10. The number of hydrogen-bond donors (Lipinski definition) is 2. The first-order valence-electron chi connectivity index (χ1n) is 8.86. The molecule has 136 valence electrons. The Morgan fingerprint density at radius 1 is 1.30 bits per heavy atom. The highest BCUT2D eigenvalue weighted by atomic mass is 35.5. The Bertz CT molecular complexity index is 388. The van der Waals surface area contributed by atoms with Crippen molar-refractivity contribution in [3.8, 4) is 0 Å². The summed E-state index contributed by atoms with van der Waals surface area (Å²) < 4.78 is 0. The van der Waals surface area contributed by atoms with Crippen molar-refractivity contribution in [2.75, 3.05) is 26.2 Å². The number of likely N-dealkylation sites (tertiary alicyclic amines) is 1. The molecule has 6 heteroatoms. The fourth-order valence-corrected chi connectivity index (χ4v) is 4.46. The Balaban J connectivity index is 0.00000132. The number of piperidine rings is 2. The third-order valence-corrected chi connectivity index (χ3v) is 6.10. The number of nitrogens with one attached hydrogen (secondary N) is 2. The average Bonchev–Trinajstić information content (AvgIpc) is 3.19. The van der Waals surface area contributed by atoms with E-state index in [4.69, 9.17) is 0 Å². The Hall–Kier alpha value is -0.0300. The van der Waals surface area contributed by atoms with E-state index in [1.165, 1.54) is 38.6 Å². The van der Waals surface area contributed by atoms with Gasteiger partial charge in [-0.15, -0.1) is 24.8 Å². The van der Waals surface area contributed by atoms with E-state index in [1.54, 1.807) is 0 Å². The summed E-state index contributed by atoms with van der Waals surface area (Å²) in [6.07, 6.45) is 7.45. The first-order valence-corrected chi connectivity index (χ1v) is 8.86. The number of halogens is 2. The molecule has 2 aliphatic heterocycles. The van der Waals surface area contributed by atoms with Crippen LogP contribution in [-0.4, -0.2) is 49.1 Å². The van der Waals surface area contributed by atoms with E-state index in [1.807, 2.05) is 0 Å². The van der Waals surface area contributed by atoms with Gasteiger partial charge in [-0.1, -0.05) is 6.42 Å². The molecule has 2 N–H and O–H groups in total. The summed E-state index contributed by atoms with van der Waals surface area (Å²) in [7, 11) is 0. The predicted molar refractivity (Wildman–Crippen MR) is 99.6 cm³/mol. The van der Waals surface area contributed by atoms with Crippen LogP contribution < -0.4 is 10.6 Å². The molecule has 0 aromatic rings. The van der Waals surface area contributed by atoms with Crippen molar-refractivity contribution in [1.82, 2.24) is 15.5 Å². The van der Waals surface area contributed by atoms with Gasteiger partial charge in [0.25, 0.3) is 0 Å². The monoisotopic (exact) mass is 365 g/mol. The molecule has 0 bridgehead atoms. The van der Waals surface area contributed by atoms with Crippen LogP contribution in [0.1, 0.15) is 52.4 Å². The van der Waals surface area contributed by atoms with Crippen LogP contribution in [-0.2, 0) is 4.79 Å². The molecule has 3 fully saturated rings. The SMILES string of the molecule is CC1CCCCN1C(C)CNC(=O)C1CC12CCNCC2.Cl.Cl. The maximum Gasteiger partial charge on any atom is 0.223 e. The lowest BCUT2D eigenvalue weighted by atomic mass is 9.92. The number of carbonyl (C=O) groups excluding carboxylic acids is 1. The van der Waals surface area contributed by atoms with Crippen molar-refractivity contribution in [2.24, 2.45) is 11.3 Å². The molecule has 1 spiro atoms. The molecule has 23 heavy (non-hydrogen) atoms. The smallest absolute Gasteiger partial charge is 0.223 e. The molecule has 3 unspecified atom stereocenters.